The van der Waals surface area contributed by atoms with Crippen molar-refractivity contribution in [2.24, 2.45) is 0 Å². The van der Waals surface area contributed by atoms with E-state index in [1.165, 1.54) is 0 Å². The maximum atomic E-state index is 12.3. The Morgan fingerprint density at radius 1 is 1.03 bits per heavy atom. The highest BCUT2D eigenvalue weighted by molar-refractivity contribution is 5.67. The van der Waals surface area contributed by atoms with E-state index in [0.717, 1.165) is 22.5 Å². The molecule has 3 rings (SSSR count). The summed E-state index contributed by atoms with van der Waals surface area (Å²) in [4.78, 5) is 31.5. The van der Waals surface area contributed by atoms with Crippen molar-refractivity contribution in [3.63, 3.8) is 0 Å². The zero-order chi connectivity index (χ0) is 20.5. The molecule has 0 spiro atoms. The Morgan fingerprint density at radius 3 is 2.38 bits per heavy atom. The first kappa shape index (κ1) is 20.3. The summed E-state index contributed by atoms with van der Waals surface area (Å²) in [7, 11) is 0. The first-order valence-corrected chi connectivity index (χ1v) is 9.69. The van der Waals surface area contributed by atoms with E-state index in [4.69, 9.17) is 4.74 Å². The molecule has 0 fully saturated rings. The average molecular weight is 391 g/mol. The fourth-order valence-corrected chi connectivity index (χ4v) is 3.00. The van der Waals surface area contributed by atoms with Crippen LogP contribution in [0, 0.1) is 6.92 Å². The second-order valence-electron chi connectivity index (χ2n) is 6.83. The van der Waals surface area contributed by atoms with Crippen LogP contribution in [0.2, 0.25) is 0 Å². The van der Waals surface area contributed by atoms with Crippen LogP contribution < -0.4 is 10.9 Å². The van der Waals surface area contributed by atoms with Crippen molar-refractivity contribution < 1.29 is 9.53 Å². The first-order chi connectivity index (χ1) is 14.1. The Balaban J connectivity index is 1.45. The number of rotatable bonds is 8. The van der Waals surface area contributed by atoms with Crippen LogP contribution in [0.5, 0.6) is 0 Å². The van der Waals surface area contributed by atoms with Gasteiger partial charge in [-0.25, -0.2) is 4.79 Å². The maximum absolute atomic E-state index is 12.3. The van der Waals surface area contributed by atoms with Crippen molar-refractivity contribution in [2.45, 2.75) is 32.8 Å². The third kappa shape index (κ3) is 6.31. The summed E-state index contributed by atoms with van der Waals surface area (Å²) >= 11 is 0. The smallest absolute Gasteiger partial charge is 0.407 e. The summed E-state index contributed by atoms with van der Waals surface area (Å²) < 4.78 is 5.18. The van der Waals surface area contributed by atoms with Gasteiger partial charge in [-0.3, -0.25) is 9.78 Å². The summed E-state index contributed by atoms with van der Waals surface area (Å²) in [5, 5.41) is 2.73. The molecule has 6 nitrogen and oxygen atoms in total. The minimum atomic E-state index is -0.449. The van der Waals surface area contributed by atoms with Gasteiger partial charge in [0.05, 0.1) is 5.69 Å². The minimum Gasteiger partial charge on any atom is -0.445 e. The SMILES string of the molecule is Cc1nc(Cc2ccccc2)c(=O)[nH]c1CCCNC(=O)OCc1ccccc1. The van der Waals surface area contributed by atoms with E-state index in [0.29, 0.717) is 31.5 Å². The van der Waals surface area contributed by atoms with Crippen molar-refractivity contribution in [3.05, 3.63) is 99.2 Å². The number of carbonyl (C=O) groups excluding carboxylic acids is 1. The van der Waals surface area contributed by atoms with Gasteiger partial charge in [-0.2, -0.15) is 0 Å². The molecule has 6 heteroatoms. The van der Waals surface area contributed by atoms with E-state index < -0.39 is 6.09 Å². The van der Waals surface area contributed by atoms with Crippen molar-refractivity contribution in [1.82, 2.24) is 15.3 Å². The van der Waals surface area contributed by atoms with Crippen LogP contribution in [-0.2, 0) is 24.2 Å². The Kier molecular flexibility index (Phi) is 7.16. The zero-order valence-electron chi connectivity index (χ0n) is 16.5. The molecule has 2 N–H and O–H groups in total. The van der Waals surface area contributed by atoms with Crippen LogP contribution in [0.25, 0.3) is 0 Å². The topological polar surface area (TPSA) is 84.1 Å². The molecule has 0 saturated carbocycles. The minimum absolute atomic E-state index is 0.162. The largest absolute Gasteiger partial charge is 0.445 e. The number of aromatic nitrogens is 2. The number of benzene rings is 2. The first-order valence-electron chi connectivity index (χ1n) is 9.69. The van der Waals surface area contributed by atoms with Gasteiger partial charge in [0.15, 0.2) is 0 Å². The Morgan fingerprint density at radius 2 is 1.69 bits per heavy atom. The number of nitrogens with zero attached hydrogens (tertiary/aromatic N) is 1. The van der Waals surface area contributed by atoms with E-state index in [-0.39, 0.29) is 12.2 Å². The highest BCUT2D eigenvalue weighted by atomic mass is 16.5. The fraction of sp³-hybridized carbons (Fsp3) is 0.261. The number of hydrogen-bond donors (Lipinski definition) is 2. The van der Waals surface area contributed by atoms with E-state index in [9.17, 15) is 9.59 Å². The maximum Gasteiger partial charge on any atom is 0.407 e. The number of aryl methyl sites for hydroxylation is 2. The highest BCUT2D eigenvalue weighted by Crippen LogP contribution is 2.07. The lowest BCUT2D eigenvalue weighted by Crippen LogP contribution is -2.26. The molecule has 0 aliphatic rings. The molecule has 29 heavy (non-hydrogen) atoms. The number of nitrogens with one attached hydrogen (secondary N) is 2. The van der Waals surface area contributed by atoms with Crippen molar-refractivity contribution >= 4 is 6.09 Å². The second kappa shape index (κ2) is 10.2. The van der Waals surface area contributed by atoms with Gasteiger partial charge in [-0.15, -0.1) is 0 Å². The van der Waals surface area contributed by atoms with Crippen LogP contribution in [0.1, 0.15) is 34.6 Å². The van der Waals surface area contributed by atoms with Crippen molar-refractivity contribution in [1.29, 1.82) is 0 Å². The molecule has 0 aliphatic carbocycles. The third-order valence-electron chi connectivity index (χ3n) is 4.57. The summed E-state index contributed by atoms with van der Waals surface area (Å²) in [5.41, 5.74) is 3.95. The summed E-state index contributed by atoms with van der Waals surface area (Å²) in [6.45, 7) is 2.59. The van der Waals surface area contributed by atoms with Gasteiger partial charge >= 0.3 is 6.09 Å². The Hall–Kier alpha value is -3.41. The van der Waals surface area contributed by atoms with Crippen LogP contribution in [0.4, 0.5) is 4.79 Å². The molecule has 0 radical (unpaired) electrons. The molecule has 1 heterocycles. The molecule has 150 valence electrons. The summed E-state index contributed by atoms with van der Waals surface area (Å²) in [6.07, 6.45) is 1.36. The lowest BCUT2D eigenvalue weighted by atomic mass is 10.1. The van der Waals surface area contributed by atoms with Gasteiger partial charge in [0.25, 0.3) is 5.56 Å². The number of amides is 1. The van der Waals surface area contributed by atoms with Gasteiger partial charge in [0.2, 0.25) is 0 Å². The van der Waals surface area contributed by atoms with Gasteiger partial charge in [-0.1, -0.05) is 60.7 Å². The zero-order valence-corrected chi connectivity index (χ0v) is 16.5. The number of H-pyrrole nitrogens is 1. The van der Waals surface area contributed by atoms with Crippen molar-refractivity contribution in [2.75, 3.05) is 6.54 Å². The van der Waals surface area contributed by atoms with Gasteiger partial charge in [-0.05, 0) is 30.9 Å². The van der Waals surface area contributed by atoms with Gasteiger partial charge in [0.1, 0.15) is 12.3 Å². The molecule has 3 aromatic rings. The standard InChI is InChI=1S/C23H25N3O3/c1-17-20(26-22(27)21(25-17)15-18-9-4-2-5-10-18)13-8-14-24-23(28)29-16-19-11-6-3-7-12-19/h2-7,9-12H,8,13-16H2,1H3,(H,24,28)(H,26,27). The quantitative estimate of drug-likeness (QED) is 0.576. The number of hydrogen-bond acceptors (Lipinski definition) is 4. The molecular formula is C23H25N3O3. The van der Waals surface area contributed by atoms with Gasteiger partial charge in [0, 0.05) is 18.7 Å². The van der Waals surface area contributed by atoms with E-state index in [2.05, 4.69) is 15.3 Å². The second-order valence-corrected chi connectivity index (χ2v) is 6.83. The van der Waals surface area contributed by atoms with Crippen molar-refractivity contribution in [3.8, 4) is 0 Å². The predicted molar refractivity (Wildman–Crippen MR) is 112 cm³/mol. The normalized spacial score (nSPS) is 10.5. The number of ether oxygens (including phenoxy) is 1. The molecule has 0 bridgehead atoms. The predicted octanol–water partition coefficient (Wildman–Crippen LogP) is 3.53. The molecule has 1 amide bonds. The molecule has 0 aliphatic heterocycles. The molecular weight excluding hydrogens is 366 g/mol. The molecule has 0 unspecified atom stereocenters. The molecule has 1 aromatic heterocycles. The number of alkyl carbamates (subject to hydrolysis) is 1. The molecule has 0 saturated heterocycles. The Labute approximate surface area is 170 Å². The lowest BCUT2D eigenvalue weighted by Gasteiger charge is -2.09. The molecule has 2 aromatic carbocycles. The van der Waals surface area contributed by atoms with E-state index in [1.54, 1.807) is 0 Å². The number of aromatic amines is 1. The third-order valence-corrected chi connectivity index (χ3v) is 4.57. The van der Waals surface area contributed by atoms with Crippen LogP contribution in [0.3, 0.4) is 0 Å². The Bertz CT molecular complexity index is 985. The van der Waals surface area contributed by atoms with E-state index >= 15 is 0 Å². The fourth-order valence-electron chi connectivity index (χ4n) is 3.00. The lowest BCUT2D eigenvalue weighted by molar-refractivity contribution is 0.139. The van der Waals surface area contributed by atoms with Crippen LogP contribution in [0.15, 0.2) is 65.5 Å². The van der Waals surface area contributed by atoms with Crippen LogP contribution in [-0.4, -0.2) is 22.6 Å². The monoisotopic (exact) mass is 391 g/mol. The molecule has 0 atom stereocenters. The highest BCUT2D eigenvalue weighted by Gasteiger charge is 2.09. The van der Waals surface area contributed by atoms with Crippen LogP contribution >= 0.6 is 0 Å². The van der Waals surface area contributed by atoms with E-state index in [1.807, 2.05) is 67.6 Å². The summed E-state index contributed by atoms with van der Waals surface area (Å²) in [5.74, 6) is 0. The average Bonchev–Trinajstić information content (AvgIpc) is 2.74. The summed E-state index contributed by atoms with van der Waals surface area (Å²) in [6, 6.07) is 19.3. The number of carbonyl (C=O) groups is 1. The van der Waals surface area contributed by atoms with Gasteiger partial charge < -0.3 is 15.0 Å².